The van der Waals surface area contributed by atoms with Crippen molar-refractivity contribution in [1.29, 1.82) is 0 Å². The summed E-state index contributed by atoms with van der Waals surface area (Å²) in [6.45, 7) is 0. The average Bonchev–Trinajstić information content (AvgIpc) is 3.09. The minimum atomic E-state index is 0.0763. The number of rotatable bonds is 3. The second-order valence-corrected chi connectivity index (χ2v) is 8.72. The van der Waals surface area contributed by atoms with Crippen LogP contribution in [0.2, 0.25) is 0 Å². The molecule has 134 valence electrons. The van der Waals surface area contributed by atoms with E-state index in [1.807, 2.05) is 25.2 Å². The molecule has 4 aromatic rings. The molecule has 0 saturated heterocycles. The first kappa shape index (κ1) is 16.8. The summed E-state index contributed by atoms with van der Waals surface area (Å²) in [5, 5.41) is 1.60. The maximum atomic E-state index is 13.1. The summed E-state index contributed by atoms with van der Waals surface area (Å²) < 4.78 is 1.71. The number of hydrogen-bond acceptors (Lipinski definition) is 4. The van der Waals surface area contributed by atoms with E-state index in [1.54, 1.807) is 27.7 Å². The number of thioether (sulfide) groups is 1. The molecule has 1 aliphatic carbocycles. The second-order valence-electron chi connectivity index (χ2n) is 6.78. The van der Waals surface area contributed by atoms with E-state index < -0.39 is 0 Å². The monoisotopic (exact) mass is 390 g/mol. The molecule has 0 N–H and O–H groups in total. The Hall–Kier alpha value is -2.37. The summed E-state index contributed by atoms with van der Waals surface area (Å²) in [6.07, 6.45) is 1.91. The van der Waals surface area contributed by atoms with Gasteiger partial charge in [-0.2, -0.15) is 0 Å². The van der Waals surface area contributed by atoms with Gasteiger partial charge < -0.3 is 0 Å². The SMILES string of the molecule is Cn1c(SCc2ccccc2)nc2sc3c(c2c1=O)CCc1ccccc1-3. The van der Waals surface area contributed by atoms with Crippen LogP contribution in [0.25, 0.3) is 20.7 Å². The van der Waals surface area contributed by atoms with Crippen LogP contribution in [-0.2, 0) is 25.6 Å². The first-order valence-corrected chi connectivity index (χ1v) is 10.8. The van der Waals surface area contributed by atoms with Crippen LogP contribution < -0.4 is 5.56 Å². The van der Waals surface area contributed by atoms with Crippen LogP contribution >= 0.6 is 23.1 Å². The average molecular weight is 391 g/mol. The maximum absolute atomic E-state index is 13.1. The lowest BCUT2D eigenvalue weighted by molar-refractivity contribution is 0.726. The normalized spacial score (nSPS) is 12.8. The molecule has 0 radical (unpaired) electrons. The molecule has 2 aromatic carbocycles. The first-order valence-electron chi connectivity index (χ1n) is 9.00. The zero-order valence-electron chi connectivity index (χ0n) is 14.9. The summed E-state index contributed by atoms with van der Waals surface area (Å²) in [7, 11) is 1.84. The largest absolute Gasteiger partial charge is 0.290 e. The van der Waals surface area contributed by atoms with Crippen molar-refractivity contribution in [2.75, 3.05) is 0 Å². The van der Waals surface area contributed by atoms with E-state index in [2.05, 4.69) is 36.4 Å². The highest BCUT2D eigenvalue weighted by atomic mass is 32.2. The van der Waals surface area contributed by atoms with E-state index in [1.165, 1.54) is 27.1 Å². The lowest BCUT2D eigenvalue weighted by atomic mass is 9.90. The van der Waals surface area contributed by atoms with Crippen LogP contribution in [0.5, 0.6) is 0 Å². The van der Waals surface area contributed by atoms with E-state index in [-0.39, 0.29) is 5.56 Å². The third-order valence-corrected chi connectivity index (χ3v) is 7.37. The lowest BCUT2D eigenvalue weighted by Gasteiger charge is -2.15. The molecule has 0 aliphatic heterocycles. The Morgan fingerprint density at radius 3 is 2.70 bits per heavy atom. The summed E-state index contributed by atoms with van der Waals surface area (Å²) in [5.74, 6) is 0.806. The van der Waals surface area contributed by atoms with Crippen molar-refractivity contribution >= 4 is 33.3 Å². The number of fused-ring (bicyclic) bond motifs is 5. The van der Waals surface area contributed by atoms with Gasteiger partial charge in [0.15, 0.2) is 5.16 Å². The van der Waals surface area contributed by atoms with Crippen molar-refractivity contribution in [3.05, 3.63) is 81.6 Å². The third-order valence-electron chi connectivity index (χ3n) is 5.11. The molecule has 0 spiro atoms. The molecule has 5 heteroatoms. The second kappa shape index (κ2) is 6.66. The van der Waals surface area contributed by atoms with Gasteiger partial charge in [0.1, 0.15) is 4.83 Å². The van der Waals surface area contributed by atoms with Crippen LogP contribution in [0.15, 0.2) is 64.5 Å². The molecule has 1 aliphatic rings. The highest BCUT2D eigenvalue weighted by molar-refractivity contribution is 7.98. The van der Waals surface area contributed by atoms with Crippen molar-refractivity contribution < 1.29 is 0 Å². The van der Waals surface area contributed by atoms with Crippen LogP contribution in [0.4, 0.5) is 0 Å². The van der Waals surface area contributed by atoms with Crippen LogP contribution in [-0.4, -0.2) is 9.55 Å². The van der Waals surface area contributed by atoms with E-state index in [4.69, 9.17) is 4.98 Å². The van der Waals surface area contributed by atoms with E-state index in [0.717, 1.165) is 34.0 Å². The number of thiophene rings is 1. The van der Waals surface area contributed by atoms with E-state index in [9.17, 15) is 4.79 Å². The molecule has 27 heavy (non-hydrogen) atoms. The summed E-state index contributed by atoms with van der Waals surface area (Å²) >= 11 is 3.28. The predicted molar refractivity (Wildman–Crippen MR) is 114 cm³/mol. The molecule has 5 rings (SSSR count). The molecular weight excluding hydrogens is 372 g/mol. The van der Waals surface area contributed by atoms with Crippen molar-refractivity contribution in [1.82, 2.24) is 9.55 Å². The predicted octanol–water partition coefficient (Wildman–Crippen LogP) is 5.05. The van der Waals surface area contributed by atoms with Gasteiger partial charge in [-0.3, -0.25) is 9.36 Å². The Labute approximate surface area is 165 Å². The summed E-state index contributed by atoms with van der Waals surface area (Å²) in [5.41, 5.74) is 5.12. The highest BCUT2D eigenvalue weighted by Gasteiger charge is 2.24. The van der Waals surface area contributed by atoms with Crippen LogP contribution in [0, 0.1) is 0 Å². The standard InChI is InChI=1S/C22H18N2OS2/c1-24-21(25)18-17-12-11-15-9-5-6-10-16(15)19(17)27-20(18)23-22(24)26-13-14-7-3-2-4-8-14/h2-10H,11-13H2,1H3. The number of aromatic nitrogens is 2. The molecule has 0 atom stereocenters. The Morgan fingerprint density at radius 1 is 1.07 bits per heavy atom. The van der Waals surface area contributed by atoms with Crippen molar-refractivity contribution in [2.45, 2.75) is 23.8 Å². The molecule has 0 bridgehead atoms. The van der Waals surface area contributed by atoms with Gasteiger partial charge >= 0.3 is 0 Å². The summed E-state index contributed by atoms with van der Waals surface area (Å²) in [4.78, 5) is 20.1. The van der Waals surface area contributed by atoms with Gasteiger partial charge in [-0.1, -0.05) is 66.4 Å². The summed E-state index contributed by atoms with van der Waals surface area (Å²) in [6, 6.07) is 18.8. The highest BCUT2D eigenvalue weighted by Crippen LogP contribution is 2.42. The topological polar surface area (TPSA) is 34.9 Å². The zero-order chi connectivity index (χ0) is 18.4. The number of hydrogen-bond donors (Lipinski definition) is 0. The van der Waals surface area contributed by atoms with Gasteiger partial charge in [-0.15, -0.1) is 11.3 Å². The molecule has 2 aromatic heterocycles. The van der Waals surface area contributed by atoms with Crippen LogP contribution in [0.1, 0.15) is 16.7 Å². The van der Waals surface area contributed by atoms with Crippen molar-refractivity contribution in [3.8, 4) is 10.4 Å². The molecule has 0 saturated carbocycles. The van der Waals surface area contributed by atoms with Gasteiger partial charge in [0.25, 0.3) is 5.56 Å². The van der Waals surface area contributed by atoms with Crippen LogP contribution in [0.3, 0.4) is 0 Å². The third kappa shape index (κ3) is 2.82. The molecular formula is C22H18N2OS2. The fourth-order valence-electron chi connectivity index (χ4n) is 3.69. The smallest absolute Gasteiger partial charge is 0.262 e. The quantitative estimate of drug-likeness (QED) is 0.363. The van der Waals surface area contributed by atoms with Gasteiger partial charge in [0.05, 0.1) is 5.39 Å². The zero-order valence-corrected chi connectivity index (χ0v) is 16.6. The van der Waals surface area contributed by atoms with Crippen molar-refractivity contribution in [3.63, 3.8) is 0 Å². The molecule has 0 unspecified atom stereocenters. The fourth-order valence-corrected chi connectivity index (χ4v) is 5.95. The van der Waals surface area contributed by atoms with Gasteiger partial charge in [-0.25, -0.2) is 4.98 Å². The Kier molecular flexibility index (Phi) is 4.14. The number of aryl methyl sites for hydroxylation is 2. The minimum absolute atomic E-state index is 0.0763. The number of nitrogens with zero attached hydrogens (tertiary/aromatic N) is 2. The molecule has 0 fully saturated rings. The van der Waals surface area contributed by atoms with Crippen molar-refractivity contribution in [2.24, 2.45) is 7.05 Å². The molecule has 0 amide bonds. The van der Waals surface area contributed by atoms with Gasteiger partial charge in [0.2, 0.25) is 0 Å². The fraction of sp³-hybridized carbons (Fsp3) is 0.182. The maximum Gasteiger partial charge on any atom is 0.262 e. The van der Waals surface area contributed by atoms with Gasteiger partial charge in [0, 0.05) is 17.7 Å². The first-order chi connectivity index (χ1) is 13.2. The number of benzene rings is 2. The molecule has 2 heterocycles. The van der Waals surface area contributed by atoms with Gasteiger partial charge in [-0.05, 0) is 35.1 Å². The lowest BCUT2D eigenvalue weighted by Crippen LogP contribution is -2.20. The Morgan fingerprint density at radius 2 is 1.85 bits per heavy atom. The van der Waals surface area contributed by atoms with E-state index in [0.29, 0.717) is 0 Å². The minimum Gasteiger partial charge on any atom is -0.290 e. The van der Waals surface area contributed by atoms with E-state index >= 15 is 0 Å². The Bertz CT molecular complexity index is 1210. The molecule has 3 nitrogen and oxygen atoms in total. The Balaban J connectivity index is 1.61.